The summed E-state index contributed by atoms with van der Waals surface area (Å²) in [6, 6.07) is 7.91. The van der Waals surface area contributed by atoms with Crippen LogP contribution in [0.2, 0.25) is 0 Å². The summed E-state index contributed by atoms with van der Waals surface area (Å²) in [5, 5.41) is 0. The summed E-state index contributed by atoms with van der Waals surface area (Å²) in [6.45, 7) is -0.0308. The molecule has 1 aromatic rings. The Morgan fingerprint density at radius 2 is 1.82 bits per heavy atom. The number of allylic oxidation sites excluding steroid dienone is 1. The predicted molar refractivity (Wildman–Crippen MR) is 54.4 cm³/mol. The van der Waals surface area contributed by atoms with E-state index < -0.39 is 24.0 Å². The van der Waals surface area contributed by atoms with Crippen molar-refractivity contribution in [2.24, 2.45) is 0 Å². The third-order valence-electron chi connectivity index (χ3n) is 2.40. The molecule has 0 aromatic heterocycles. The highest BCUT2D eigenvalue weighted by molar-refractivity contribution is 5.97. The molecule has 0 aliphatic carbocycles. The second-order valence-electron chi connectivity index (χ2n) is 3.65. The van der Waals surface area contributed by atoms with Crippen LogP contribution in [0.5, 0.6) is 0 Å². The number of halogens is 3. The van der Waals surface area contributed by atoms with E-state index in [9.17, 15) is 18.0 Å². The van der Waals surface area contributed by atoms with Gasteiger partial charge < -0.3 is 4.74 Å². The van der Waals surface area contributed by atoms with E-state index in [0.717, 1.165) is 0 Å². The molecule has 0 spiro atoms. The number of hydrogen-bond acceptors (Lipinski definition) is 2. The molecule has 17 heavy (non-hydrogen) atoms. The molecule has 0 bridgehead atoms. The number of hydrogen-bond donors (Lipinski definition) is 0. The van der Waals surface area contributed by atoms with Crippen molar-refractivity contribution in [1.82, 2.24) is 0 Å². The molecule has 5 heteroatoms. The minimum atomic E-state index is -4.50. The van der Waals surface area contributed by atoms with Gasteiger partial charge in [0, 0.05) is 12.0 Å². The standard InChI is InChI=1S/C12H9F3O2/c13-12(14,15)9(11-7-17-11)6-10(16)8-4-2-1-3-5-8/h1-5H,6-7H2/b11-9+. The van der Waals surface area contributed by atoms with Crippen LogP contribution in [0, 0.1) is 0 Å². The lowest BCUT2D eigenvalue weighted by molar-refractivity contribution is -0.0941. The molecule has 0 radical (unpaired) electrons. The topological polar surface area (TPSA) is 29.6 Å². The van der Waals surface area contributed by atoms with E-state index in [1.54, 1.807) is 18.2 Å². The zero-order valence-electron chi connectivity index (χ0n) is 8.75. The van der Waals surface area contributed by atoms with Crippen molar-refractivity contribution in [3.8, 4) is 0 Å². The molecule has 0 atom stereocenters. The fourth-order valence-corrected chi connectivity index (χ4v) is 1.45. The number of Topliss-reactive ketones (excluding diaryl/α,β-unsaturated/α-hetero) is 1. The number of ether oxygens (including phenoxy) is 1. The molecule has 2 nitrogen and oxygen atoms in total. The number of epoxide rings is 1. The lowest BCUT2D eigenvalue weighted by Gasteiger charge is -2.09. The van der Waals surface area contributed by atoms with Crippen molar-refractivity contribution in [2.45, 2.75) is 12.6 Å². The number of benzene rings is 1. The molecule has 1 aliphatic rings. The van der Waals surface area contributed by atoms with E-state index in [2.05, 4.69) is 4.74 Å². The summed E-state index contributed by atoms with van der Waals surface area (Å²) in [4.78, 5) is 11.6. The number of carbonyl (C=O) groups is 1. The van der Waals surface area contributed by atoms with Crippen molar-refractivity contribution in [1.29, 1.82) is 0 Å². The molecular formula is C12H9F3O2. The number of ketones is 1. The first-order valence-electron chi connectivity index (χ1n) is 4.99. The number of rotatable bonds is 3. The summed E-state index contributed by atoms with van der Waals surface area (Å²) in [6.07, 6.45) is -5.17. The Bertz CT molecular complexity index is 454. The van der Waals surface area contributed by atoms with Crippen LogP contribution in [-0.4, -0.2) is 18.6 Å². The van der Waals surface area contributed by atoms with Crippen LogP contribution >= 0.6 is 0 Å². The third kappa shape index (κ3) is 2.87. The second-order valence-corrected chi connectivity index (χ2v) is 3.65. The summed E-state index contributed by atoms with van der Waals surface area (Å²) in [7, 11) is 0. The van der Waals surface area contributed by atoms with Crippen molar-refractivity contribution in [3.63, 3.8) is 0 Å². The number of carbonyl (C=O) groups excluding carboxylic acids is 1. The Morgan fingerprint density at radius 3 is 2.29 bits per heavy atom. The van der Waals surface area contributed by atoms with Crippen LogP contribution in [0.1, 0.15) is 16.8 Å². The first-order valence-corrected chi connectivity index (χ1v) is 4.99. The quantitative estimate of drug-likeness (QED) is 0.602. The highest BCUT2D eigenvalue weighted by Gasteiger charge is 2.41. The first-order chi connectivity index (χ1) is 7.98. The predicted octanol–water partition coefficient (Wildman–Crippen LogP) is 3.11. The van der Waals surface area contributed by atoms with Crippen molar-refractivity contribution < 1.29 is 22.7 Å². The summed E-state index contributed by atoms with van der Waals surface area (Å²) >= 11 is 0. The van der Waals surface area contributed by atoms with Crippen molar-refractivity contribution in [2.75, 3.05) is 6.61 Å². The summed E-state index contributed by atoms with van der Waals surface area (Å²) in [5.41, 5.74) is -0.596. The maximum absolute atomic E-state index is 12.6. The fraction of sp³-hybridized carbons (Fsp3) is 0.250. The Hall–Kier alpha value is -1.78. The van der Waals surface area contributed by atoms with Gasteiger partial charge in [-0.05, 0) is 0 Å². The average Bonchev–Trinajstić information content (AvgIpc) is 3.09. The molecule has 0 N–H and O–H groups in total. The lowest BCUT2D eigenvalue weighted by Crippen LogP contribution is -2.16. The minimum absolute atomic E-state index is 0.0308. The lowest BCUT2D eigenvalue weighted by atomic mass is 10.0. The molecule has 1 aliphatic heterocycles. The zero-order chi connectivity index (χ0) is 12.5. The molecule has 1 heterocycles. The van der Waals surface area contributed by atoms with Gasteiger partial charge in [-0.1, -0.05) is 30.3 Å². The Morgan fingerprint density at radius 1 is 1.24 bits per heavy atom. The maximum Gasteiger partial charge on any atom is 0.416 e. The maximum atomic E-state index is 12.6. The van der Waals surface area contributed by atoms with E-state index in [1.807, 2.05) is 0 Å². The molecule has 1 aromatic carbocycles. The van der Waals surface area contributed by atoms with Gasteiger partial charge in [0.25, 0.3) is 0 Å². The molecule has 1 saturated heterocycles. The van der Waals surface area contributed by atoms with Crippen LogP contribution in [0.15, 0.2) is 41.7 Å². The van der Waals surface area contributed by atoms with Gasteiger partial charge in [0.05, 0.1) is 5.57 Å². The zero-order valence-corrected chi connectivity index (χ0v) is 8.75. The van der Waals surface area contributed by atoms with E-state index in [0.29, 0.717) is 0 Å². The first kappa shape index (κ1) is 11.7. The van der Waals surface area contributed by atoms with E-state index in [-0.39, 0.29) is 17.9 Å². The Labute approximate surface area is 95.7 Å². The third-order valence-corrected chi connectivity index (χ3v) is 2.40. The molecular weight excluding hydrogens is 233 g/mol. The van der Waals surface area contributed by atoms with Crippen LogP contribution in [0.4, 0.5) is 13.2 Å². The highest BCUT2D eigenvalue weighted by atomic mass is 19.4. The summed E-state index contributed by atoms with van der Waals surface area (Å²) in [5.74, 6) is -0.678. The largest absolute Gasteiger partial charge is 0.486 e. The van der Waals surface area contributed by atoms with Crippen LogP contribution < -0.4 is 0 Å². The van der Waals surface area contributed by atoms with Gasteiger partial charge in [0.1, 0.15) is 12.4 Å². The molecule has 2 rings (SSSR count). The monoisotopic (exact) mass is 242 g/mol. The van der Waals surface area contributed by atoms with Crippen molar-refractivity contribution in [3.05, 3.63) is 47.2 Å². The van der Waals surface area contributed by atoms with E-state index in [4.69, 9.17) is 0 Å². The number of alkyl halides is 3. The summed E-state index contributed by atoms with van der Waals surface area (Å²) < 4.78 is 42.3. The Kier molecular flexibility index (Phi) is 2.92. The average molecular weight is 242 g/mol. The van der Waals surface area contributed by atoms with Gasteiger partial charge in [-0.2, -0.15) is 13.2 Å². The highest BCUT2D eigenvalue weighted by Crippen LogP contribution is 2.36. The normalized spacial score (nSPS) is 17.4. The molecule has 0 unspecified atom stereocenters. The Balaban J connectivity index is 2.16. The van der Waals surface area contributed by atoms with Crippen LogP contribution in [0.3, 0.4) is 0 Å². The van der Waals surface area contributed by atoms with Gasteiger partial charge >= 0.3 is 6.18 Å². The molecule has 0 saturated carbocycles. The van der Waals surface area contributed by atoms with Crippen molar-refractivity contribution >= 4 is 5.78 Å². The molecule has 1 fully saturated rings. The minimum Gasteiger partial charge on any atom is -0.486 e. The van der Waals surface area contributed by atoms with Crippen LogP contribution in [0.25, 0.3) is 0 Å². The van der Waals surface area contributed by atoms with Gasteiger partial charge in [-0.25, -0.2) is 0 Å². The van der Waals surface area contributed by atoms with E-state index in [1.165, 1.54) is 12.1 Å². The van der Waals surface area contributed by atoms with Gasteiger partial charge in [0.15, 0.2) is 5.78 Å². The molecule has 90 valence electrons. The van der Waals surface area contributed by atoms with E-state index >= 15 is 0 Å². The molecule has 0 amide bonds. The van der Waals surface area contributed by atoms with Crippen LogP contribution in [-0.2, 0) is 4.74 Å². The fourth-order valence-electron chi connectivity index (χ4n) is 1.45. The van der Waals surface area contributed by atoms with Gasteiger partial charge in [-0.15, -0.1) is 0 Å². The smallest absolute Gasteiger partial charge is 0.416 e. The van der Waals surface area contributed by atoms with Gasteiger partial charge in [-0.3, -0.25) is 4.79 Å². The second kappa shape index (κ2) is 4.24. The SMILES string of the molecule is O=C(C/C(=C1/CO1)C(F)(F)F)c1ccccc1. The van der Waals surface area contributed by atoms with Gasteiger partial charge in [0.2, 0.25) is 0 Å².